The summed E-state index contributed by atoms with van der Waals surface area (Å²) in [6, 6.07) is 19.8. The number of benzene rings is 2. The Morgan fingerprint density at radius 3 is 2.29 bits per heavy atom. The normalized spacial score (nSPS) is 10.7. The lowest BCUT2D eigenvalue weighted by Gasteiger charge is -2.18. The zero-order valence-corrected chi connectivity index (χ0v) is 16.9. The Balaban J connectivity index is 1.84. The maximum atomic E-state index is 13.1. The fourth-order valence-electron chi connectivity index (χ4n) is 3.33. The van der Waals surface area contributed by atoms with Gasteiger partial charge in [-0.15, -0.1) is 0 Å². The highest BCUT2D eigenvalue weighted by atomic mass is 16.1. The van der Waals surface area contributed by atoms with Gasteiger partial charge in [0.05, 0.1) is 17.8 Å². The molecule has 0 aliphatic carbocycles. The topological polar surface area (TPSA) is 30.2 Å². The highest BCUT2D eigenvalue weighted by Gasteiger charge is 2.18. The SMILES string of the molecule is CCCN(CC#Cc1ccccc1)Cc1c(C)n(C)n(-c2ccccc2)c1=O. The molecule has 0 unspecified atom stereocenters. The monoisotopic (exact) mass is 373 g/mol. The van der Waals surface area contributed by atoms with Gasteiger partial charge in [0.1, 0.15) is 0 Å². The fraction of sp³-hybridized carbons (Fsp3) is 0.292. The van der Waals surface area contributed by atoms with Crippen LogP contribution in [0, 0.1) is 18.8 Å². The van der Waals surface area contributed by atoms with Gasteiger partial charge in [-0.2, -0.15) is 0 Å². The summed E-state index contributed by atoms with van der Waals surface area (Å²) in [7, 11) is 1.94. The summed E-state index contributed by atoms with van der Waals surface area (Å²) in [4.78, 5) is 15.4. The molecule has 1 aromatic heterocycles. The number of para-hydroxylation sites is 1. The van der Waals surface area contributed by atoms with Crippen LogP contribution in [0.2, 0.25) is 0 Å². The molecule has 4 heteroatoms. The molecule has 4 nitrogen and oxygen atoms in total. The molecule has 0 saturated heterocycles. The van der Waals surface area contributed by atoms with Crippen molar-refractivity contribution in [1.29, 1.82) is 0 Å². The molecule has 0 bridgehead atoms. The Morgan fingerprint density at radius 1 is 1.00 bits per heavy atom. The molecule has 0 aliphatic heterocycles. The van der Waals surface area contributed by atoms with Crippen LogP contribution in [0.25, 0.3) is 5.69 Å². The van der Waals surface area contributed by atoms with Crippen molar-refractivity contribution in [2.45, 2.75) is 26.8 Å². The van der Waals surface area contributed by atoms with Gasteiger partial charge < -0.3 is 0 Å². The summed E-state index contributed by atoms with van der Waals surface area (Å²) in [6.45, 7) is 6.31. The van der Waals surface area contributed by atoms with E-state index in [2.05, 4.69) is 23.7 Å². The van der Waals surface area contributed by atoms with Crippen LogP contribution >= 0.6 is 0 Å². The van der Waals surface area contributed by atoms with Crippen molar-refractivity contribution in [3.63, 3.8) is 0 Å². The van der Waals surface area contributed by atoms with Gasteiger partial charge in [-0.3, -0.25) is 14.4 Å². The molecular formula is C24H27N3O. The summed E-state index contributed by atoms with van der Waals surface area (Å²) < 4.78 is 3.68. The lowest BCUT2D eigenvalue weighted by molar-refractivity contribution is 0.298. The smallest absolute Gasteiger partial charge is 0.276 e. The van der Waals surface area contributed by atoms with Gasteiger partial charge >= 0.3 is 0 Å². The summed E-state index contributed by atoms with van der Waals surface area (Å²) in [6.07, 6.45) is 1.02. The maximum absolute atomic E-state index is 13.1. The van der Waals surface area contributed by atoms with Crippen molar-refractivity contribution in [3.8, 4) is 17.5 Å². The van der Waals surface area contributed by atoms with E-state index in [0.717, 1.165) is 35.5 Å². The summed E-state index contributed by atoms with van der Waals surface area (Å²) in [5, 5.41) is 0. The molecule has 0 saturated carbocycles. The number of nitrogens with zero attached hydrogens (tertiary/aromatic N) is 3. The van der Waals surface area contributed by atoms with Crippen molar-refractivity contribution >= 4 is 0 Å². The van der Waals surface area contributed by atoms with Crippen molar-refractivity contribution in [1.82, 2.24) is 14.3 Å². The molecule has 0 fully saturated rings. The van der Waals surface area contributed by atoms with Gasteiger partial charge in [0.2, 0.25) is 0 Å². The van der Waals surface area contributed by atoms with E-state index in [0.29, 0.717) is 13.1 Å². The van der Waals surface area contributed by atoms with Gasteiger partial charge in [0, 0.05) is 24.8 Å². The molecule has 28 heavy (non-hydrogen) atoms. The average molecular weight is 374 g/mol. The van der Waals surface area contributed by atoms with E-state index >= 15 is 0 Å². The van der Waals surface area contributed by atoms with Crippen LogP contribution in [0.5, 0.6) is 0 Å². The van der Waals surface area contributed by atoms with Gasteiger partial charge in [-0.25, -0.2) is 4.68 Å². The van der Waals surface area contributed by atoms with Gasteiger partial charge in [0.25, 0.3) is 5.56 Å². The van der Waals surface area contributed by atoms with Crippen LogP contribution in [0.4, 0.5) is 0 Å². The first-order chi connectivity index (χ1) is 13.6. The molecular weight excluding hydrogens is 346 g/mol. The Kier molecular flexibility index (Phi) is 6.52. The molecule has 144 valence electrons. The van der Waals surface area contributed by atoms with E-state index in [9.17, 15) is 4.79 Å². The summed E-state index contributed by atoms with van der Waals surface area (Å²) >= 11 is 0. The number of hydrogen-bond donors (Lipinski definition) is 0. The largest absolute Gasteiger partial charge is 0.288 e. The number of hydrogen-bond acceptors (Lipinski definition) is 2. The lowest BCUT2D eigenvalue weighted by Crippen LogP contribution is -2.28. The van der Waals surface area contributed by atoms with Crippen molar-refractivity contribution in [3.05, 3.63) is 87.8 Å². The van der Waals surface area contributed by atoms with E-state index in [-0.39, 0.29) is 5.56 Å². The van der Waals surface area contributed by atoms with Crippen LogP contribution in [0.1, 0.15) is 30.2 Å². The van der Waals surface area contributed by atoms with Gasteiger partial charge in [0.15, 0.2) is 0 Å². The molecule has 0 N–H and O–H groups in total. The fourth-order valence-corrected chi connectivity index (χ4v) is 3.33. The number of aromatic nitrogens is 2. The molecule has 0 aliphatic rings. The van der Waals surface area contributed by atoms with E-state index < -0.39 is 0 Å². The van der Waals surface area contributed by atoms with Crippen molar-refractivity contribution < 1.29 is 0 Å². The van der Waals surface area contributed by atoms with Crippen molar-refractivity contribution in [2.75, 3.05) is 13.1 Å². The van der Waals surface area contributed by atoms with Gasteiger partial charge in [-0.05, 0) is 44.2 Å². The molecule has 1 heterocycles. The van der Waals surface area contributed by atoms with E-state index in [1.54, 1.807) is 4.68 Å². The van der Waals surface area contributed by atoms with Crippen molar-refractivity contribution in [2.24, 2.45) is 7.05 Å². The first-order valence-corrected chi connectivity index (χ1v) is 9.71. The molecule has 3 rings (SSSR count). The summed E-state index contributed by atoms with van der Waals surface area (Å²) in [5.41, 5.74) is 3.77. The quantitative estimate of drug-likeness (QED) is 0.616. The molecule has 0 radical (unpaired) electrons. The van der Waals surface area contributed by atoms with Crippen LogP contribution in [0.15, 0.2) is 65.5 Å². The van der Waals surface area contributed by atoms with Crippen LogP contribution in [-0.4, -0.2) is 27.4 Å². The minimum atomic E-state index is 0.0447. The average Bonchev–Trinajstić information content (AvgIpc) is 2.93. The Labute approximate surface area is 167 Å². The Bertz CT molecular complexity index is 1020. The molecule has 0 atom stereocenters. The highest BCUT2D eigenvalue weighted by Crippen LogP contribution is 2.12. The first kappa shape index (κ1) is 19.7. The third-order valence-electron chi connectivity index (χ3n) is 4.90. The minimum absolute atomic E-state index is 0.0447. The second-order valence-electron chi connectivity index (χ2n) is 6.92. The predicted octanol–water partition coefficient (Wildman–Crippen LogP) is 3.75. The first-order valence-electron chi connectivity index (χ1n) is 9.71. The lowest BCUT2D eigenvalue weighted by atomic mass is 10.2. The van der Waals surface area contributed by atoms with E-state index in [1.807, 2.05) is 79.3 Å². The Morgan fingerprint density at radius 2 is 1.64 bits per heavy atom. The minimum Gasteiger partial charge on any atom is -0.288 e. The highest BCUT2D eigenvalue weighted by molar-refractivity contribution is 5.35. The van der Waals surface area contributed by atoms with Crippen LogP contribution in [-0.2, 0) is 13.6 Å². The number of rotatable bonds is 6. The van der Waals surface area contributed by atoms with Crippen LogP contribution < -0.4 is 5.56 Å². The molecule has 2 aromatic carbocycles. The molecule has 0 spiro atoms. The zero-order valence-electron chi connectivity index (χ0n) is 16.9. The Hall–Kier alpha value is -3.03. The second-order valence-corrected chi connectivity index (χ2v) is 6.92. The maximum Gasteiger partial charge on any atom is 0.276 e. The zero-order chi connectivity index (χ0) is 19.9. The summed E-state index contributed by atoms with van der Waals surface area (Å²) in [5.74, 6) is 6.47. The van der Waals surface area contributed by atoms with E-state index in [1.165, 1.54) is 0 Å². The van der Waals surface area contributed by atoms with Crippen LogP contribution in [0.3, 0.4) is 0 Å². The molecule has 0 amide bonds. The molecule has 3 aromatic rings. The predicted molar refractivity (Wildman–Crippen MR) is 115 cm³/mol. The van der Waals surface area contributed by atoms with Gasteiger partial charge in [-0.1, -0.05) is 55.2 Å². The second kappa shape index (κ2) is 9.25. The van der Waals surface area contributed by atoms with E-state index in [4.69, 9.17) is 0 Å². The third kappa shape index (κ3) is 4.44. The third-order valence-corrected chi connectivity index (χ3v) is 4.90. The standard InChI is InChI=1S/C24H27N3O/c1-4-17-26(18-11-14-21-12-7-5-8-13-21)19-23-20(2)25(3)27(24(23)28)22-15-9-6-10-16-22/h5-10,12-13,15-16H,4,17-19H2,1-3H3.